The fraction of sp³-hybridized carbons (Fsp3) is 0.450. The van der Waals surface area contributed by atoms with E-state index >= 15 is 0 Å². The van der Waals surface area contributed by atoms with Crippen molar-refractivity contribution in [1.29, 1.82) is 0 Å². The molecule has 0 atom stereocenters. The van der Waals surface area contributed by atoms with Crippen molar-refractivity contribution in [3.05, 3.63) is 61.0 Å². The number of rotatable bonds is 7. The van der Waals surface area contributed by atoms with Gasteiger partial charge in [-0.15, -0.1) is 0 Å². The molecule has 0 saturated carbocycles. The zero-order chi connectivity index (χ0) is 18.6. The van der Waals surface area contributed by atoms with Gasteiger partial charge in [0, 0.05) is 41.1 Å². The molecule has 0 bridgehead atoms. The molecule has 0 aliphatic rings. The van der Waals surface area contributed by atoms with Crippen LogP contribution in [0.15, 0.2) is 27.5 Å². The van der Waals surface area contributed by atoms with Gasteiger partial charge < -0.3 is 15.6 Å². The standard InChI is InChI=1S/C20H28BrN3O/c1-6-23-19-9-16(21)8-15(14(19)5)10-22-11-18-17(12(2)3)7-13(4)24-20(18)25/h7-9,12,22-23H,6,10-11H2,1-5H3,(H,24,25). The topological polar surface area (TPSA) is 56.9 Å². The highest BCUT2D eigenvalue weighted by molar-refractivity contribution is 9.10. The molecule has 136 valence electrons. The van der Waals surface area contributed by atoms with E-state index < -0.39 is 0 Å². The van der Waals surface area contributed by atoms with E-state index in [4.69, 9.17) is 0 Å². The highest BCUT2D eigenvalue weighted by Gasteiger charge is 2.12. The molecule has 1 aromatic heterocycles. The molecule has 2 rings (SSSR count). The van der Waals surface area contributed by atoms with Crippen LogP contribution in [0.4, 0.5) is 5.69 Å². The minimum Gasteiger partial charge on any atom is -0.385 e. The number of aryl methyl sites for hydroxylation is 1. The zero-order valence-corrected chi connectivity index (χ0v) is 17.3. The number of pyridine rings is 1. The van der Waals surface area contributed by atoms with E-state index in [-0.39, 0.29) is 5.56 Å². The molecule has 5 heteroatoms. The molecule has 0 aliphatic carbocycles. The smallest absolute Gasteiger partial charge is 0.252 e. The van der Waals surface area contributed by atoms with Gasteiger partial charge in [0.2, 0.25) is 0 Å². The Labute approximate surface area is 158 Å². The van der Waals surface area contributed by atoms with Gasteiger partial charge in [-0.3, -0.25) is 4.79 Å². The maximum absolute atomic E-state index is 12.4. The van der Waals surface area contributed by atoms with Crippen molar-refractivity contribution in [3.8, 4) is 0 Å². The monoisotopic (exact) mass is 405 g/mol. The number of aromatic nitrogens is 1. The minimum atomic E-state index is 0.00972. The molecule has 0 aliphatic heterocycles. The van der Waals surface area contributed by atoms with Gasteiger partial charge in [0.05, 0.1) is 0 Å². The summed E-state index contributed by atoms with van der Waals surface area (Å²) in [5.74, 6) is 0.325. The maximum Gasteiger partial charge on any atom is 0.252 e. The van der Waals surface area contributed by atoms with Crippen molar-refractivity contribution in [2.45, 2.75) is 53.6 Å². The predicted molar refractivity (Wildman–Crippen MR) is 109 cm³/mol. The van der Waals surface area contributed by atoms with Gasteiger partial charge in [0.1, 0.15) is 0 Å². The van der Waals surface area contributed by atoms with E-state index in [1.54, 1.807) is 0 Å². The lowest BCUT2D eigenvalue weighted by atomic mass is 9.98. The van der Waals surface area contributed by atoms with Crippen LogP contribution in [0.25, 0.3) is 0 Å². The molecule has 1 heterocycles. The normalized spacial score (nSPS) is 11.2. The van der Waals surface area contributed by atoms with E-state index in [1.165, 1.54) is 11.1 Å². The van der Waals surface area contributed by atoms with E-state index in [2.05, 4.69) is 77.4 Å². The molecule has 0 saturated heterocycles. The second-order valence-electron chi connectivity index (χ2n) is 6.74. The van der Waals surface area contributed by atoms with Crippen molar-refractivity contribution in [1.82, 2.24) is 10.3 Å². The maximum atomic E-state index is 12.4. The summed E-state index contributed by atoms with van der Waals surface area (Å²) in [6.45, 7) is 12.6. The van der Waals surface area contributed by atoms with Crippen molar-refractivity contribution in [2.24, 2.45) is 0 Å². The number of hydrogen-bond donors (Lipinski definition) is 3. The zero-order valence-electron chi connectivity index (χ0n) is 15.7. The Morgan fingerprint density at radius 1 is 1.16 bits per heavy atom. The lowest BCUT2D eigenvalue weighted by Gasteiger charge is -2.16. The minimum absolute atomic E-state index is 0.00972. The highest BCUT2D eigenvalue weighted by atomic mass is 79.9. The lowest BCUT2D eigenvalue weighted by Crippen LogP contribution is -2.24. The van der Waals surface area contributed by atoms with Crippen LogP contribution in [0.1, 0.15) is 54.6 Å². The summed E-state index contributed by atoms with van der Waals surface area (Å²) in [6, 6.07) is 6.31. The Morgan fingerprint density at radius 2 is 1.88 bits per heavy atom. The van der Waals surface area contributed by atoms with E-state index in [1.807, 2.05) is 6.92 Å². The summed E-state index contributed by atoms with van der Waals surface area (Å²) in [5.41, 5.74) is 6.48. The summed E-state index contributed by atoms with van der Waals surface area (Å²) >= 11 is 3.58. The van der Waals surface area contributed by atoms with Crippen LogP contribution in [-0.2, 0) is 13.1 Å². The predicted octanol–water partition coefficient (Wildman–Crippen LogP) is 4.60. The van der Waals surface area contributed by atoms with Crippen LogP contribution >= 0.6 is 15.9 Å². The molecule has 0 fully saturated rings. The summed E-state index contributed by atoms with van der Waals surface area (Å²) in [7, 11) is 0. The van der Waals surface area contributed by atoms with Crippen LogP contribution in [0.5, 0.6) is 0 Å². The van der Waals surface area contributed by atoms with Crippen molar-refractivity contribution in [3.63, 3.8) is 0 Å². The summed E-state index contributed by atoms with van der Waals surface area (Å²) in [5, 5.41) is 6.83. The Kier molecular flexibility index (Phi) is 6.85. The van der Waals surface area contributed by atoms with Crippen LogP contribution in [0.2, 0.25) is 0 Å². The molecular weight excluding hydrogens is 378 g/mol. The number of anilines is 1. The Morgan fingerprint density at radius 3 is 2.52 bits per heavy atom. The molecule has 0 radical (unpaired) electrons. The number of benzene rings is 1. The first-order valence-electron chi connectivity index (χ1n) is 8.79. The molecule has 1 aromatic carbocycles. The average Bonchev–Trinajstić information content (AvgIpc) is 2.53. The first-order chi connectivity index (χ1) is 11.8. The van der Waals surface area contributed by atoms with Gasteiger partial charge in [-0.05, 0) is 61.6 Å². The highest BCUT2D eigenvalue weighted by Crippen LogP contribution is 2.25. The van der Waals surface area contributed by atoms with Gasteiger partial charge in [-0.25, -0.2) is 0 Å². The van der Waals surface area contributed by atoms with Gasteiger partial charge in [-0.2, -0.15) is 0 Å². The fourth-order valence-corrected chi connectivity index (χ4v) is 3.56. The summed E-state index contributed by atoms with van der Waals surface area (Å²) in [4.78, 5) is 15.3. The third-order valence-electron chi connectivity index (χ3n) is 4.39. The molecular formula is C20H28BrN3O. The van der Waals surface area contributed by atoms with Crippen LogP contribution in [-0.4, -0.2) is 11.5 Å². The molecule has 0 spiro atoms. The molecule has 2 aromatic rings. The molecule has 0 unspecified atom stereocenters. The van der Waals surface area contributed by atoms with E-state index in [9.17, 15) is 4.79 Å². The largest absolute Gasteiger partial charge is 0.385 e. The van der Waals surface area contributed by atoms with E-state index in [0.717, 1.165) is 33.5 Å². The second kappa shape index (κ2) is 8.68. The number of nitrogens with one attached hydrogen (secondary N) is 3. The third-order valence-corrected chi connectivity index (χ3v) is 4.85. The fourth-order valence-electron chi connectivity index (χ4n) is 3.05. The Bertz CT molecular complexity index is 796. The third kappa shape index (κ3) is 4.95. The lowest BCUT2D eigenvalue weighted by molar-refractivity contribution is 0.670. The first-order valence-corrected chi connectivity index (χ1v) is 9.59. The van der Waals surface area contributed by atoms with E-state index in [0.29, 0.717) is 19.0 Å². The SMILES string of the molecule is CCNc1cc(Br)cc(CNCc2c(C(C)C)cc(C)[nH]c2=O)c1C. The quantitative estimate of drug-likeness (QED) is 0.630. The number of H-pyrrole nitrogens is 1. The van der Waals surface area contributed by atoms with Gasteiger partial charge in [0.25, 0.3) is 5.56 Å². The Balaban J connectivity index is 2.18. The van der Waals surface area contributed by atoms with Crippen LogP contribution < -0.4 is 16.2 Å². The number of hydrogen-bond acceptors (Lipinski definition) is 3. The second-order valence-corrected chi connectivity index (χ2v) is 7.66. The van der Waals surface area contributed by atoms with Crippen molar-refractivity contribution in [2.75, 3.05) is 11.9 Å². The number of halogens is 1. The summed E-state index contributed by atoms with van der Waals surface area (Å²) < 4.78 is 1.06. The van der Waals surface area contributed by atoms with Gasteiger partial charge in [-0.1, -0.05) is 29.8 Å². The average molecular weight is 406 g/mol. The molecule has 4 nitrogen and oxygen atoms in total. The molecule has 0 amide bonds. The molecule has 3 N–H and O–H groups in total. The van der Waals surface area contributed by atoms with Gasteiger partial charge in [0.15, 0.2) is 0 Å². The number of aromatic amines is 1. The van der Waals surface area contributed by atoms with Gasteiger partial charge >= 0.3 is 0 Å². The van der Waals surface area contributed by atoms with Crippen LogP contribution in [0, 0.1) is 13.8 Å². The van der Waals surface area contributed by atoms with Crippen molar-refractivity contribution >= 4 is 21.6 Å². The van der Waals surface area contributed by atoms with Crippen LogP contribution in [0.3, 0.4) is 0 Å². The first kappa shape index (κ1) is 19.7. The Hall–Kier alpha value is -1.59. The summed E-state index contributed by atoms with van der Waals surface area (Å²) in [6.07, 6.45) is 0. The van der Waals surface area contributed by atoms with Crippen molar-refractivity contribution < 1.29 is 0 Å². The molecule has 25 heavy (non-hydrogen) atoms.